The Kier molecular flexibility index (Phi) is 6.56. The molecule has 0 fully saturated rings. The number of unbranched alkanes of at least 4 members (excludes halogenated alkanes) is 1. The molecule has 0 radical (unpaired) electrons. The maximum atomic E-state index is 12.0. The predicted octanol–water partition coefficient (Wildman–Crippen LogP) is 2.46. The van der Waals surface area contributed by atoms with Gasteiger partial charge >= 0.3 is 5.97 Å². The summed E-state index contributed by atoms with van der Waals surface area (Å²) in [6, 6.07) is 5.80. The van der Waals surface area contributed by atoms with Gasteiger partial charge in [0.05, 0.1) is 6.61 Å². The fraction of sp³-hybridized carbons (Fsp3) is 0.467. The van der Waals surface area contributed by atoms with Crippen LogP contribution in [0.15, 0.2) is 24.3 Å². The van der Waals surface area contributed by atoms with E-state index in [4.69, 9.17) is 9.84 Å². The number of carboxylic acid groups (broad SMARTS) is 1. The molecule has 0 aliphatic rings. The van der Waals surface area contributed by atoms with Gasteiger partial charge < -0.3 is 15.2 Å². The van der Waals surface area contributed by atoms with Crippen molar-refractivity contribution < 1.29 is 19.4 Å². The molecule has 0 aliphatic carbocycles. The first-order valence-electron chi connectivity index (χ1n) is 6.85. The summed E-state index contributed by atoms with van der Waals surface area (Å²) < 4.78 is 5.29. The van der Waals surface area contributed by atoms with E-state index in [1.54, 1.807) is 24.3 Å². The number of hydrogen-bond donors (Lipinski definition) is 2. The lowest BCUT2D eigenvalue weighted by atomic mass is 10.1. The molecule has 0 spiro atoms. The number of nitrogens with one attached hydrogen (secondary N) is 1. The van der Waals surface area contributed by atoms with E-state index in [9.17, 15) is 9.59 Å². The first-order valence-corrected chi connectivity index (χ1v) is 6.85. The van der Waals surface area contributed by atoms with E-state index in [2.05, 4.69) is 5.32 Å². The molecule has 1 rings (SSSR count). The monoisotopic (exact) mass is 279 g/mol. The van der Waals surface area contributed by atoms with Crippen LogP contribution in [0.3, 0.4) is 0 Å². The number of carbonyl (C=O) groups excluding carboxylic acids is 1. The number of ether oxygens (including phenoxy) is 1. The summed E-state index contributed by atoms with van der Waals surface area (Å²) >= 11 is 0. The highest BCUT2D eigenvalue weighted by atomic mass is 16.5. The van der Waals surface area contributed by atoms with Crippen LogP contribution in [0.25, 0.3) is 0 Å². The lowest BCUT2D eigenvalue weighted by molar-refractivity contribution is -0.139. The van der Waals surface area contributed by atoms with Crippen LogP contribution in [0.2, 0.25) is 0 Å². The van der Waals surface area contributed by atoms with Gasteiger partial charge in [-0.05, 0) is 37.6 Å². The highest BCUT2D eigenvalue weighted by molar-refractivity contribution is 5.96. The summed E-state index contributed by atoms with van der Waals surface area (Å²) in [5.41, 5.74) is 0.427. The third kappa shape index (κ3) is 4.91. The number of amides is 1. The molecule has 0 aromatic heterocycles. The molecule has 0 saturated heterocycles. The van der Waals surface area contributed by atoms with Gasteiger partial charge in [-0.15, -0.1) is 0 Å². The Hall–Kier alpha value is -2.04. The smallest absolute Gasteiger partial charge is 0.326 e. The SMILES string of the molecule is CCCC[C@H](NC(=O)c1ccc(OCC)cc1)C(=O)O. The second-order valence-corrected chi connectivity index (χ2v) is 4.46. The Balaban J connectivity index is 2.65. The average Bonchev–Trinajstić information content (AvgIpc) is 2.44. The lowest BCUT2D eigenvalue weighted by Crippen LogP contribution is -2.40. The minimum absolute atomic E-state index is 0.378. The number of hydrogen-bond acceptors (Lipinski definition) is 3. The molecule has 1 amide bonds. The van der Waals surface area contributed by atoms with Crippen molar-refractivity contribution >= 4 is 11.9 Å². The van der Waals surface area contributed by atoms with E-state index in [-0.39, 0.29) is 5.91 Å². The van der Waals surface area contributed by atoms with E-state index in [1.807, 2.05) is 13.8 Å². The fourth-order valence-electron chi connectivity index (χ4n) is 1.78. The van der Waals surface area contributed by atoms with Gasteiger partial charge in [0.15, 0.2) is 0 Å². The minimum Gasteiger partial charge on any atom is -0.494 e. The van der Waals surface area contributed by atoms with E-state index in [0.717, 1.165) is 12.8 Å². The molecule has 20 heavy (non-hydrogen) atoms. The molecule has 5 nitrogen and oxygen atoms in total. The summed E-state index contributed by atoms with van der Waals surface area (Å²) in [4.78, 5) is 23.1. The van der Waals surface area contributed by atoms with Crippen LogP contribution in [0.1, 0.15) is 43.5 Å². The van der Waals surface area contributed by atoms with Crippen LogP contribution in [-0.4, -0.2) is 29.6 Å². The summed E-state index contributed by atoms with van der Waals surface area (Å²) in [7, 11) is 0. The number of aliphatic carboxylic acids is 1. The Labute approximate surface area is 118 Å². The van der Waals surface area contributed by atoms with Crippen LogP contribution in [0, 0.1) is 0 Å². The minimum atomic E-state index is -1.00. The van der Waals surface area contributed by atoms with Gasteiger partial charge in [0.25, 0.3) is 5.91 Å². The van der Waals surface area contributed by atoms with E-state index in [1.165, 1.54) is 0 Å². The van der Waals surface area contributed by atoms with Crippen molar-refractivity contribution in [2.45, 2.75) is 39.2 Å². The van der Waals surface area contributed by atoms with E-state index < -0.39 is 12.0 Å². The molecule has 1 atom stereocenters. The summed E-state index contributed by atoms with van der Waals surface area (Å²) in [5, 5.41) is 11.6. The molecule has 110 valence electrons. The standard InChI is InChI=1S/C15H21NO4/c1-3-5-6-13(15(18)19)16-14(17)11-7-9-12(10-8-11)20-4-2/h7-10,13H,3-6H2,1-2H3,(H,16,17)(H,18,19)/t13-/m0/s1. The second kappa shape index (κ2) is 8.19. The highest BCUT2D eigenvalue weighted by Gasteiger charge is 2.19. The van der Waals surface area contributed by atoms with Crippen molar-refractivity contribution in [1.82, 2.24) is 5.32 Å². The molecule has 0 aliphatic heterocycles. The van der Waals surface area contributed by atoms with Gasteiger partial charge in [-0.25, -0.2) is 4.79 Å². The summed E-state index contributed by atoms with van der Waals surface area (Å²) in [6.07, 6.45) is 2.10. The molecule has 0 unspecified atom stereocenters. The van der Waals surface area contributed by atoms with E-state index >= 15 is 0 Å². The third-order valence-electron chi connectivity index (χ3n) is 2.88. The van der Waals surface area contributed by atoms with Crippen molar-refractivity contribution in [1.29, 1.82) is 0 Å². The zero-order chi connectivity index (χ0) is 15.0. The second-order valence-electron chi connectivity index (χ2n) is 4.46. The summed E-state index contributed by atoms with van der Waals surface area (Å²) in [6.45, 7) is 4.42. The Morgan fingerprint density at radius 2 is 1.90 bits per heavy atom. The average molecular weight is 279 g/mol. The molecule has 0 heterocycles. The number of rotatable bonds is 8. The van der Waals surface area contributed by atoms with Crippen molar-refractivity contribution in [2.75, 3.05) is 6.61 Å². The Morgan fingerprint density at radius 3 is 2.40 bits per heavy atom. The first kappa shape index (κ1) is 16.0. The maximum Gasteiger partial charge on any atom is 0.326 e. The van der Waals surface area contributed by atoms with E-state index in [0.29, 0.717) is 24.3 Å². The maximum absolute atomic E-state index is 12.0. The summed E-state index contributed by atoms with van der Waals surface area (Å²) in [5.74, 6) is -0.695. The van der Waals surface area contributed by atoms with Gasteiger partial charge in [-0.1, -0.05) is 19.8 Å². The van der Waals surface area contributed by atoms with Gasteiger partial charge in [-0.3, -0.25) is 4.79 Å². The predicted molar refractivity (Wildman–Crippen MR) is 76.0 cm³/mol. The molecule has 1 aromatic rings. The van der Waals surface area contributed by atoms with Gasteiger partial charge in [-0.2, -0.15) is 0 Å². The number of benzene rings is 1. The zero-order valence-corrected chi connectivity index (χ0v) is 11.9. The first-order chi connectivity index (χ1) is 9.58. The fourth-order valence-corrected chi connectivity index (χ4v) is 1.78. The van der Waals surface area contributed by atoms with Crippen LogP contribution in [0.5, 0.6) is 5.75 Å². The number of carboxylic acids is 1. The normalized spacial score (nSPS) is 11.7. The van der Waals surface area contributed by atoms with Crippen molar-refractivity contribution in [3.63, 3.8) is 0 Å². The van der Waals surface area contributed by atoms with Crippen LogP contribution < -0.4 is 10.1 Å². The molecule has 1 aromatic carbocycles. The number of carbonyl (C=O) groups is 2. The molecule has 0 saturated carbocycles. The zero-order valence-electron chi connectivity index (χ0n) is 11.9. The quantitative estimate of drug-likeness (QED) is 0.766. The van der Waals surface area contributed by atoms with Crippen LogP contribution >= 0.6 is 0 Å². The van der Waals surface area contributed by atoms with Crippen molar-refractivity contribution in [3.05, 3.63) is 29.8 Å². The molecule has 5 heteroatoms. The third-order valence-corrected chi connectivity index (χ3v) is 2.88. The lowest BCUT2D eigenvalue weighted by Gasteiger charge is -2.14. The topological polar surface area (TPSA) is 75.6 Å². The van der Waals surface area contributed by atoms with Crippen molar-refractivity contribution in [2.24, 2.45) is 0 Å². The van der Waals surface area contributed by atoms with Gasteiger partial charge in [0.2, 0.25) is 0 Å². The van der Waals surface area contributed by atoms with Crippen molar-refractivity contribution in [3.8, 4) is 5.75 Å². The molecular weight excluding hydrogens is 258 g/mol. The molecule has 2 N–H and O–H groups in total. The molecular formula is C15H21NO4. The van der Waals surface area contributed by atoms with Gasteiger partial charge in [0, 0.05) is 5.56 Å². The van der Waals surface area contributed by atoms with Crippen LogP contribution in [-0.2, 0) is 4.79 Å². The Morgan fingerprint density at radius 1 is 1.25 bits per heavy atom. The largest absolute Gasteiger partial charge is 0.494 e. The molecule has 0 bridgehead atoms. The van der Waals surface area contributed by atoms with Crippen LogP contribution in [0.4, 0.5) is 0 Å². The Bertz CT molecular complexity index is 442. The highest BCUT2D eigenvalue weighted by Crippen LogP contribution is 2.12. The van der Waals surface area contributed by atoms with Gasteiger partial charge in [0.1, 0.15) is 11.8 Å².